The number of ether oxygens (including phenoxy) is 1. The number of hydrogen-bond donors (Lipinski definition) is 2. The SMILES string of the molecule is CN(C(=O)CCC1CCCC1)[C@H]1CC[C@@]2(O)[C@H]3Cc4ccc(O)c5c4[C@@]2(CCN3CC2CC2)[C@H]1O5. The lowest BCUT2D eigenvalue weighted by molar-refractivity contribution is -0.200. The van der Waals surface area contributed by atoms with Crippen molar-refractivity contribution >= 4 is 5.91 Å². The van der Waals surface area contributed by atoms with Gasteiger partial charge in [0.1, 0.15) is 6.10 Å². The molecule has 1 aromatic rings. The molecule has 2 heterocycles. The zero-order valence-electron chi connectivity index (χ0n) is 21.0. The second-order valence-corrected chi connectivity index (χ2v) is 12.6. The summed E-state index contributed by atoms with van der Waals surface area (Å²) in [6.45, 7) is 2.03. The van der Waals surface area contributed by atoms with Crippen molar-refractivity contribution in [2.45, 2.75) is 106 Å². The average molecular weight is 481 g/mol. The molecule has 0 aromatic heterocycles. The fourth-order valence-corrected chi connectivity index (χ4v) is 8.84. The molecule has 35 heavy (non-hydrogen) atoms. The van der Waals surface area contributed by atoms with Crippen LogP contribution in [0.4, 0.5) is 0 Å². The highest BCUT2D eigenvalue weighted by Gasteiger charge is 2.73. The van der Waals surface area contributed by atoms with E-state index in [4.69, 9.17) is 4.74 Å². The van der Waals surface area contributed by atoms with E-state index >= 15 is 0 Å². The summed E-state index contributed by atoms with van der Waals surface area (Å²) in [5.41, 5.74) is 0.818. The molecule has 2 bridgehead atoms. The summed E-state index contributed by atoms with van der Waals surface area (Å²) in [6, 6.07) is 3.81. The van der Waals surface area contributed by atoms with Crippen molar-refractivity contribution in [3.63, 3.8) is 0 Å². The van der Waals surface area contributed by atoms with Crippen molar-refractivity contribution < 1.29 is 19.7 Å². The van der Waals surface area contributed by atoms with Gasteiger partial charge in [0.05, 0.1) is 17.1 Å². The first-order valence-corrected chi connectivity index (χ1v) is 14.2. The molecule has 1 aromatic carbocycles. The summed E-state index contributed by atoms with van der Waals surface area (Å²) in [5, 5.41) is 23.4. The summed E-state index contributed by atoms with van der Waals surface area (Å²) in [4.78, 5) is 17.9. The van der Waals surface area contributed by atoms with Crippen molar-refractivity contribution in [2.75, 3.05) is 20.1 Å². The highest BCUT2D eigenvalue weighted by molar-refractivity contribution is 5.76. The number of carbonyl (C=O) groups is 1. The van der Waals surface area contributed by atoms with Gasteiger partial charge in [-0.1, -0.05) is 31.7 Å². The second kappa shape index (κ2) is 7.85. The van der Waals surface area contributed by atoms with Gasteiger partial charge < -0.3 is 19.8 Å². The number of aliphatic hydroxyl groups is 1. The molecule has 3 saturated carbocycles. The van der Waals surface area contributed by atoms with E-state index in [0.717, 1.165) is 50.3 Å². The Bertz CT molecular complexity index is 1030. The van der Waals surface area contributed by atoms with E-state index in [-0.39, 0.29) is 29.8 Å². The Hall–Kier alpha value is -1.79. The van der Waals surface area contributed by atoms with Gasteiger partial charge in [-0.05, 0) is 75.0 Å². The van der Waals surface area contributed by atoms with E-state index in [1.807, 2.05) is 11.9 Å². The minimum Gasteiger partial charge on any atom is -0.504 e. The largest absolute Gasteiger partial charge is 0.504 e. The second-order valence-electron chi connectivity index (χ2n) is 12.6. The standard InChI is InChI=1S/C29H40N2O4/c1-30(24(33)11-8-18-4-2-3-5-18)21-12-13-29(34)23-16-20-9-10-22(32)26-25(20)28(29,27(21)35-26)14-15-31(23)17-19-6-7-19/h9-10,18-19,21,23,27,32,34H,2-8,11-17H2,1H3/t21-,23+,27-,28-,29+/m0/s1. The first-order chi connectivity index (χ1) is 16.9. The van der Waals surface area contributed by atoms with Gasteiger partial charge in [0.25, 0.3) is 0 Å². The predicted octanol–water partition coefficient (Wildman–Crippen LogP) is 3.75. The Labute approximate surface area is 208 Å². The Morgan fingerprint density at radius 3 is 2.71 bits per heavy atom. The van der Waals surface area contributed by atoms with Gasteiger partial charge in [0.15, 0.2) is 11.5 Å². The van der Waals surface area contributed by atoms with Gasteiger partial charge in [-0.15, -0.1) is 0 Å². The van der Waals surface area contributed by atoms with Crippen LogP contribution in [0.5, 0.6) is 11.5 Å². The predicted molar refractivity (Wildman–Crippen MR) is 133 cm³/mol. The third-order valence-electron chi connectivity index (χ3n) is 10.9. The van der Waals surface area contributed by atoms with E-state index in [9.17, 15) is 15.0 Å². The van der Waals surface area contributed by atoms with Gasteiger partial charge in [-0.2, -0.15) is 0 Å². The molecule has 4 fully saturated rings. The topological polar surface area (TPSA) is 73.2 Å². The molecule has 1 amide bonds. The van der Waals surface area contributed by atoms with Crippen LogP contribution in [-0.2, 0) is 16.6 Å². The molecular weight excluding hydrogens is 440 g/mol. The molecule has 5 atom stereocenters. The molecule has 2 N–H and O–H groups in total. The summed E-state index contributed by atoms with van der Waals surface area (Å²) >= 11 is 0. The summed E-state index contributed by atoms with van der Waals surface area (Å²) in [5.74, 6) is 2.41. The number of carbonyl (C=O) groups excluding carboxylic acids is 1. The third kappa shape index (κ3) is 3.11. The fraction of sp³-hybridized carbons (Fsp3) is 0.759. The molecule has 2 aliphatic heterocycles. The maximum absolute atomic E-state index is 13.4. The van der Waals surface area contributed by atoms with Crippen molar-refractivity contribution in [1.82, 2.24) is 9.80 Å². The van der Waals surface area contributed by atoms with Crippen LogP contribution >= 0.6 is 0 Å². The lowest BCUT2D eigenvalue weighted by Crippen LogP contribution is -2.78. The first kappa shape index (κ1) is 22.4. The number of likely N-dealkylation sites (N-methyl/N-ethyl adjacent to an activating group) is 1. The number of likely N-dealkylation sites (tertiary alicyclic amines) is 1. The molecule has 1 saturated heterocycles. The quantitative estimate of drug-likeness (QED) is 0.649. The van der Waals surface area contributed by atoms with E-state index in [2.05, 4.69) is 11.0 Å². The van der Waals surface area contributed by atoms with Crippen LogP contribution in [-0.4, -0.2) is 69.8 Å². The Balaban J connectivity index is 1.23. The molecule has 0 radical (unpaired) electrons. The Kier molecular flexibility index (Phi) is 5.03. The Morgan fingerprint density at radius 2 is 1.94 bits per heavy atom. The third-order valence-corrected chi connectivity index (χ3v) is 10.9. The molecule has 6 aliphatic rings. The zero-order valence-corrected chi connectivity index (χ0v) is 21.0. The molecule has 7 rings (SSSR count). The van der Waals surface area contributed by atoms with Crippen LogP contribution in [0.25, 0.3) is 0 Å². The number of hydrogen-bond acceptors (Lipinski definition) is 5. The Morgan fingerprint density at radius 1 is 1.14 bits per heavy atom. The van der Waals surface area contributed by atoms with Crippen molar-refractivity contribution in [2.24, 2.45) is 11.8 Å². The highest BCUT2D eigenvalue weighted by atomic mass is 16.5. The van der Waals surface area contributed by atoms with Gasteiger partial charge >= 0.3 is 0 Å². The van der Waals surface area contributed by atoms with Gasteiger partial charge in [-0.3, -0.25) is 9.69 Å². The van der Waals surface area contributed by atoms with Crippen LogP contribution in [0.2, 0.25) is 0 Å². The number of rotatable bonds is 6. The number of phenolic OH excluding ortho intramolecular Hbond substituents is 1. The van der Waals surface area contributed by atoms with Crippen LogP contribution in [0, 0.1) is 11.8 Å². The summed E-state index contributed by atoms with van der Waals surface area (Å²) in [7, 11) is 1.94. The monoisotopic (exact) mass is 480 g/mol. The summed E-state index contributed by atoms with van der Waals surface area (Å²) < 4.78 is 6.64. The number of amides is 1. The van der Waals surface area contributed by atoms with E-state index in [1.165, 1.54) is 44.1 Å². The van der Waals surface area contributed by atoms with Crippen molar-refractivity contribution in [3.8, 4) is 11.5 Å². The minimum absolute atomic E-state index is 0.0790. The smallest absolute Gasteiger partial charge is 0.222 e. The molecule has 6 nitrogen and oxygen atoms in total. The molecule has 4 aliphatic carbocycles. The van der Waals surface area contributed by atoms with Crippen LogP contribution < -0.4 is 4.74 Å². The highest BCUT2D eigenvalue weighted by Crippen LogP contribution is 2.66. The van der Waals surface area contributed by atoms with Crippen molar-refractivity contribution in [3.05, 3.63) is 23.3 Å². The molecule has 190 valence electrons. The molecule has 1 spiro atoms. The van der Waals surface area contributed by atoms with E-state index in [1.54, 1.807) is 6.07 Å². The van der Waals surface area contributed by atoms with Gasteiger partial charge in [-0.25, -0.2) is 0 Å². The average Bonchev–Trinajstić information content (AvgIpc) is 3.36. The summed E-state index contributed by atoms with van der Waals surface area (Å²) in [6.07, 6.45) is 12.1. The van der Waals surface area contributed by atoms with E-state index in [0.29, 0.717) is 24.5 Å². The lowest BCUT2D eigenvalue weighted by Gasteiger charge is -2.64. The number of piperidine rings is 1. The number of benzene rings is 1. The van der Waals surface area contributed by atoms with Gasteiger partial charge in [0.2, 0.25) is 5.91 Å². The normalized spacial score (nSPS) is 37.7. The molecular formula is C29H40N2O4. The maximum Gasteiger partial charge on any atom is 0.222 e. The number of aromatic hydroxyl groups is 1. The minimum atomic E-state index is -0.888. The van der Waals surface area contributed by atoms with Crippen LogP contribution in [0.1, 0.15) is 81.8 Å². The van der Waals surface area contributed by atoms with Gasteiger partial charge in [0, 0.05) is 31.6 Å². The zero-order chi connectivity index (χ0) is 23.9. The maximum atomic E-state index is 13.4. The number of nitrogens with zero attached hydrogens (tertiary/aromatic N) is 2. The lowest BCUT2D eigenvalue weighted by atomic mass is 9.48. The molecule has 0 unspecified atom stereocenters. The number of phenols is 1. The van der Waals surface area contributed by atoms with Crippen molar-refractivity contribution in [1.29, 1.82) is 0 Å². The van der Waals surface area contributed by atoms with E-state index < -0.39 is 11.0 Å². The van der Waals surface area contributed by atoms with Crippen LogP contribution in [0.3, 0.4) is 0 Å². The first-order valence-electron chi connectivity index (χ1n) is 14.2. The molecule has 6 heteroatoms. The van der Waals surface area contributed by atoms with Crippen LogP contribution in [0.15, 0.2) is 12.1 Å². The fourth-order valence-electron chi connectivity index (χ4n) is 8.84.